The molecule has 0 spiro atoms. The molecule has 0 amide bonds. The molecule has 0 aliphatic heterocycles. The van der Waals surface area contributed by atoms with Gasteiger partial charge >= 0.3 is 6.18 Å². The van der Waals surface area contributed by atoms with Crippen molar-refractivity contribution in [2.75, 3.05) is 20.3 Å². The maximum atomic E-state index is 12.7. The smallest absolute Gasteiger partial charge is 0.351 e. The van der Waals surface area contributed by atoms with Crippen LogP contribution in [-0.4, -0.2) is 26.6 Å². The highest BCUT2D eigenvalue weighted by Gasteiger charge is 2.32. The van der Waals surface area contributed by atoms with Gasteiger partial charge in [-0.15, -0.1) is 0 Å². The minimum Gasteiger partial charge on any atom is -0.351 e. The Morgan fingerprint density at radius 3 is 2.20 bits per heavy atom. The number of rotatable bonds is 7. The predicted molar refractivity (Wildman–Crippen MR) is 70.3 cm³/mol. The summed E-state index contributed by atoms with van der Waals surface area (Å²) in [6.07, 6.45) is -4.99. The maximum absolute atomic E-state index is 12.7. The van der Waals surface area contributed by atoms with Crippen molar-refractivity contribution < 1.29 is 22.6 Å². The van der Waals surface area contributed by atoms with Gasteiger partial charge in [-0.3, -0.25) is 0 Å². The number of alkyl halides is 3. The Labute approximate surface area is 117 Å². The van der Waals surface area contributed by atoms with E-state index in [1.807, 2.05) is 13.8 Å². The summed E-state index contributed by atoms with van der Waals surface area (Å²) >= 11 is 0. The van der Waals surface area contributed by atoms with Gasteiger partial charge in [-0.2, -0.15) is 13.2 Å². The molecule has 0 heterocycles. The van der Waals surface area contributed by atoms with Gasteiger partial charge < -0.3 is 14.8 Å². The van der Waals surface area contributed by atoms with Crippen molar-refractivity contribution in [3.05, 3.63) is 35.4 Å². The third kappa shape index (κ3) is 4.47. The van der Waals surface area contributed by atoms with E-state index in [4.69, 9.17) is 9.47 Å². The molecule has 1 rings (SSSR count). The highest BCUT2D eigenvalue weighted by Crippen LogP contribution is 2.31. The molecule has 1 unspecified atom stereocenters. The van der Waals surface area contributed by atoms with Crippen LogP contribution in [-0.2, 0) is 15.7 Å². The lowest BCUT2D eigenvalue weighted by Gasteiger charge is -2.27. The molecule has 1 aromatic rings. The molecule has 0 radical (unpaired) electrons. The Hall–Kier alpha value is -1.11. The Morgan fingerprint density at radius 1 is 1.15 bits per heavy atom. The summed E-state index contributed by atoms with van der Waals surface area (Å²) in [5, 5.41) is 2.95. The Balaban J connectivity index is 3.04. The van der Waals surface area contributed by atoms with E-state index in [2.05, 4.69) is 5.32 Å². The van der Waals surface area contributed by atoms with Crippen molar-refractivity contribution in [2.45, 2.75) is 32.4 Å². The van der Waals surface area contributed by atoms with E-state index in [1.54, 1.807) is 13.1 Å². The molecule has 6 heteroatoms. The average molecular weight is 291 g/mol. The van der Waals surface area contributed by atoms with E-state index in [0.29, 0.717) is 18.8 Å². The molecule has 0 bridgehead atoms. The number of benzene rings is 1. The minimum absolute atomic E-state index is 0.418. The molecule has 114 valence electrons. The largest absolute Gasteiger partial charge is 0.416 e. The van der Waals surface area contributed by atoms with Crippen LogP contribution in [0.4, 0.5) is 13.2 Å². The number of ether oxygens (including phenoxy) is 2. The van der Waals surface area contributed by atoms with Crippen LogP contribution in [0.15, 0.2) is 24.3 Å². The van der Waals surface area contributed by atoms with Crippen molar-refractivity contribution >= 4 is 0 Å². The van der Waals surface area contributed by atoms with Gasteiger partial charge in [-0.05, 0) is 38.6 Å². The molecule has 1 N–H and O–H groups in total. The number of likely N-dealkylation sites (N-methyl/N-ethyl adjacent to an activating group) is 1. The van der Waals surface area contributed by atoms with Crippen LogP contribution in [0.25, 0.3) is 0 Å². The highest BCUT2D eigenvalue weighted by molar-refractivity contribution is 5.28. The summed E-state index contributed by atoms with van der Waals surface area (Å²) in [7, 11) is 1.66. The molecule has 0 saturated carbocycles. The molecule has 20 heavy (non-hydrogen) atoms. The van der Waals surface area contributed by atoms with Gasteiger partial charge in [0.05, 0.1) is 11.6 Å². The number of halogens is 3. The van der Waals surface area contributed by atoms with Crippen molar-refractivity contribution in [2.24, 2.45) is 0 Å². The third-order valence-corrected chi connectivity index (χ3v) is 2.82. The first kappa shape index (κ1) is 16.9. The zero-order valence-corrected chi connectivity index (χ0v) is 11.8. The third-order valence-electron chi connectivity index (χ3n) is 2.82. The second-order valence-corrected chi connectivity index (χ2v) is 4.17. The molecule has 0 aliphatic carbocycles. The van der Waals surface area contributed by atoms with Gasteiger partial charge in [-0.1, -0.05) is 12.1 Å². The predicted octanol–water partition coefficient (Wildman–Crippen LogP) is 3.37. The maximum Gasteiger partial charge on any atom is 0.416 e. The van der Waals surface area contributed by atoms with E-state index in [1.165, 1.54) is 6.07 Å². The second kappa shape index (κ2) is 7.61. The lowest BCUT2D eigenvalue weighted by molar-refractivity contribution is -0.154. The summed E-state index contributed by atoms with van der Waals surface area (Å²) in [6, 6.07) is 4.72. The number of nitrogens with one attached hydrogen (secondary N) is 1. The van der Waals surface area contributed by atoms with E-state index in [0.717, 1.165) is 12.1 Å². The fourth-order valence-corrected chi connectivity index (χ4v) is 1.94. The van der Waals surface area contributed by atoms with Crippen molar-refractivity contribution in [1.29, 1.82) is 0 Å². The fourth-order valence-electron chi connectivity index (χ4n) is 1.94. The van der Waals surface area contributed by atoms with Crippen LogP contribution < -0.4 is 5.32 Å². The Bertz CT molecular complexity index is 404. The van der Waals surface area contributed by atoms with E-state index < -0.39 is 24.1 Å². The first-order valence-corrected chi connectivity index (χ1v) is 6.51. The zero-order valence-electron chi connectivity index (χ0n) is 11.8. The van der Waals surface area contributed by atoms with Crippen LogP contribution >= 0.6 is 0 Å². The van der Waals surface area contributed by atoms with Crippen LogP contribution in [0, 0.1) is 0 Å². The summed E-state index contributed by atoms with van der Waals surface area (Å²) in [5.41, 5.74) is -0.198. The number of hydrogen-bond donors (Lipinski definition) is 1. The summed E-state index contributed by atoms with van der Waals surface area (Å²) < 4.78 is 49.1. The van der Waals surface area contributed by atoms with Crippen molar-refractivity contribution in [3.8, 4) is 0 Å². The topological polar surface area (TPSA) is 30.5 Å². The van der Waals surface area contributed by atoms with Gasteiger partial charge in [0.15, 0.2) is 6.29 Å². The Morgan fingerprint density at radius 2 is 1.75 bits per heavy atom. The SMILES string of the molecule is CCOC(OCC)C(NC)c1cccc(C(F)(F)F)c1. The fraction of sp³-hybridized carbons (Fsp3) is 0.571. The van der Waals surface area contributed by atoms with Crippen LogP contribution in [0.2, 0.25) is 0 Å². The van der Waals surface area contributed by atoms with Crippen molar-refractivity contribution in [3.63, 3.8) is 0 Å². The molecule has 0 aromatic heterocycles. The first-order valence-electron chi connectivity index (χ1n) is 6.51. The van der Waals surface area contributed by atoms with Gasteiger partial charge in [-0.25, -0.2) is 0 Å². The lowest BCUT2D eigenvalue weighted by atomic mass is 10.0. The van der Waals surface area contributed by atoms with Gasteiger partial charge in [0.25, 0.3) is 0 Å². The molecule has 0 saturated heterocycles. The first-order chi connectivity index (χ1) is 9.43. The molecular formula is C14H20F3NO2. The highest BCUT2D eigenvalue weighted by atomic mass is 19.4. The molecule has 1 aromatic carbocycles. The monoisotopic (exact) mass is 291 g/mol. The van der Waals surface area contributed by atoms with E-state index in [-0.39, 0.29) is 0 Å². The standard InChI is InChI=1S/C14H20F3NO2/c1-4-19-13(20-5-2)12(18-3)10-7-6-8-11(9-10)14(15,16)17/h6-9,12-13,18H,4-5H2,1-3H3. The molecule has 3 nitrogen and oxygen atoms in total. The van der Waals surface area contributed by atoms with Gasteiger partial charge in [0, 0.05) is 13.2 Å². The van der Waals surface area contributed by atoms with Gasteiger partial charge in [0.2, 0.25) is 0 Å². The molecule has 1 atom stereocenters. The van der Waals surface area contributed by atoms with Crippen LogP contribution in [0.5, 0.6) is 0 Å². The quantitative estimate of drug-likeness (QED) is 0.781. The lowest BCUT2D eigenvalue weighted by Crippen LogP contribution is -2.34. The van der Waals surface area contributed by atoms with E-state index in [9.17, 15) is 13.2 Å². The molecular weight excluding hydrogens is 271 g/mol. The van der Waals surface area contributed by atoms with Crippen LogP contribution in [0.3, 0.4) is 0 Å². The number of hydrogen-bond acceptors (Lipinski definition) is 3. The average Bonchev–Trinajstić information content (AvgIpc) is 2.39. The van der Waals surface area contributed by atoms with Crippen LogP contribution in [0.1, 0.15) is 31.0 Å². The zero-order chi connectivity index (χ0) is 15.2. The Kier molecular flexibility index (Phi) is 6.45. The van der Waals surface area contributed by atoms with E-state index >= 15 is 0 Å². The second-order valence-electron chi connectivity index (χ2n) is 4.17. The van der Waals surface area contributed by atoms with Crippen molar-refractivity contribution in [1.82, 2.24) is 5.32 Å². The molecule has 0 fully saturated rings. The minimum atomic E-state index is -4.36. The summed E-state index contributed by atoms with van der Waals surface area (Å²) in [6.45, 7) is 4.46. The normalized spacial score (nSPS) is 13.8. The molecule has 0 aliphatic rings. The summed E-state index contributed by atoms with van der Waals surface area (Å²) in [5.74, 6) is 0. The van der Waals surface area contributed by atoms with Gasteiger partial charge in [0.1, 0.15) is 0 Å². The summed E-state index contributed by atoms with van der Waals surface area (Å²) in [4.78, 5) is 0.